The molecule has 0 bridgehead atoms. The Morgan fingerprint density at radius 1 is 1.00 bits per heavy atom. The van der Waals surface area contributed by atoms with E-state index in [4.69, 9.17) is 11.6 Å². The third-order valence-electron chi connectivity index (χ3n) is 4.56. The van der Waals surface area contributed by atoms with E-state index in [0.29, 0.717) is 23.8 Å². The van der Waals surface area contributed by atoms with Gasteiger partial charge in [0.15, 0.2) is 0 Å². The van der Waals surface area contributed by atoms with Crippen LogP contribution in [0.4, 0.5) is 0 Å². The number of carbonyl (C=O) groups excluding carboxylic acids is 1. The number of pyridine rings is 1. The second-order valence-electron chi connectivity index (χ2n) is 6.71. The number of carbonyl (C=O) groups is 1. The molecule has 0 saturated carbocycles. The van der Waals surface area contributed by atoms with Gasteiger partial charge in [0.25, 0.3) is 11.5 Å². The Balaban J connectivity index is 1.35. The van der Waals surface area contributed by atoms with Gasteiger partial charge in [-0.25, -0.2) is 4.98 Å². The molecule has 5 nitrogen and oxygen atoms in total. The molecule has 30 heavy (non-hydrogen) atoms. The van der Waals surface area contributed by atoms with E-state index < -0.39 is 0 Å². The molecule has 0 aliphatic heterocycles. The topological polar surface area (TPSA) is 64.0 Å². The van der Waals surface area contributed by atoms with Gasteiger partial charge in [0.2, 0.25) is 0 Å². The highest BCUT2D eigenvalue weighted by Gasteiger charge is 2.11. The highest BCUT2D eigenvalue weighted by molar-refractivity contribution is 7.13. The van der Waals surface area contributed by atoms with E-state index in [1.54, 1.807) is 40.4 Å². The third-order valence-corrected chi connectivity index (χ3v) is 5.70. The number of aromatic nitrogens is 2. The lowest BCUT2D eigenvalue weighted by Crippen LogP contribution is -2.23. The van der Waals surface area contributed by atoms with E-state index in [1.807, 2.05) is 42.5 Å². The molecule has 0 saturated heterocycles. The quantitative estimate of drug-likeness (QED) is 0.481. The first-order chi connectivity index (χ1) is 14.6. The molecule has 1 N–H and O–H groups in total. The van der Waals surface area contributed by atoms with Gasteiger partial charge in [-0.3, -0.25) is 9.59 Å². The zero-order valence-corrected chi connectivity index (χ0v) is 17.5. The molecule has 150 valence electrons. The summed E-state index contributed by atoms with van der Waals surface area (Å²) < 4.78 is 1.65. The third kappa shape index (κ3) is 4.84. The number of benzene rings is 2. The Morgan fingerprint density at radius 2 is 1.73 bits per heavy atom. The van der Waals surface area contributed by atoms with Gasteiger partial charge in [0, 0.05) is 34.8 Å². The highest BCUT2D eigenvalue weighted by Crippen LogP contribution is 2.25. The second kappa shape index (κ2) is 9.07. The van der Waals surface area contributed by atoms with Gasteiger partial charge in [-0.05, 0) is 29.3 Å². The Bertz CT molecular complexity index is 1210. The molecule has 0 fully saturated rings. The summed E-state index contributed by atoms with van der Waals surface area (Å²) in [6.45, 7) is 0.914. The lowest BCUT2D eigenvalue weighted by Gasteiger charge is -2.07. The van der Waals surface area contributed by atoms with Crippen molar-refractivity contribution in [2.45, 2.75) is 13.1 Å². The fourth-order valence-electron chi connectivity index (χ4n) is 2.93. The van der Waals surface area contributed by atoms with Gasteiger partial charge in [-0.1, -0.05) is 54.1 Å². The lowest BCUT2D eigenvalue weighted by atomic mass is 10.1. The first-order valence-corrected chi connectivity index (χ1v) is 10.6. The minimum Gasteiger partial charge on any atom is -0.347 e. The van der Waals surface area contributed by atoms with Crippen LogP contribution in [-0.2, 0) is 13.1 Å². The monoisotopic (exact) mass is 435 g/mol. The molecule has 7 heteroatoms. The van der Waals surface area contributed by atoms with Crippen molar-refractivity contribution in [3.05, 3.63) is 111 Å². The van der Waals surface area contributed by atoms with E-state index in [9.17, 15) is 9.59 Å². The zero-order valence-electron chi connectivity index (χ0n) is 15.9. The van der Waals surface area contributed by atoms with Crippen molar-refractivity contribution in [3.63, 3.8) is 0 Å². The SMILES string of the molecule is O=C(NCc1ccc(Cn2ccccc2=O)cc1)c1csc(-c2ccc(Cl)cc2)n1. The Hall–Kier alpha value is -3.22. The van der Waals surface area contributed by atoms with Crippen LogP contribution in [0.25, 0.3) is 10.6 Å². The van der Waals surface area contributed by atoms with E-state index in [1.165, 1.54) is 11.3 Å². The van der Waals surface area contributed by atoms with Gasteiger partial charge in [-0.15, -0.1) is 11.3 Å². The molecular formula is C23H18ClN3O2S. The first kappa shape index (κ1) is 20.1. The number of nitrogens with zero attached hydrogens (tertiary/aromatic N) is 2. The molecule has 0 atom stereocenters. The predicted octanol–water partition coefficient (Wildman–Crippen LogP) is 4.60. The van der Waals surface area contributed by atoms with Crippen LogP contribution in [0, 0.1) is 0 Å². The fraction of sp³-hybridized carbons (Fsp3) is 0.0870. The van der Waals surface area contributed by atoms with Gasteiger partial charge in [-0.2, -0.15) is 0 Å². The number of amides is 1. The molecule has 4 rings (SSSR count). The minimum absolute atomic E-state index is 0.0323. The Kier molecular flexibility index (Phi) is 6.07. The predicted molar refractivity (Wildman–Crippen MR) is 120 cm³/mol. The lowest BCUT2D eigenvalue weighted by molar-refractivity contribution is 0.0946. The average Bonchev–Trinajstić information content (AvgIpc) is 3.25. The molecule has 1 amide bonds. The maximum absolute atomic E-state index is 12.4. The Morgan fingerprint density at radius 3 is 2.47 bits per heavy atom. The van der Waals surface area contributed by atoms with Crippen molar-refractivity contribution in [1.29, 1.82) is 0 Å². The van der Waals surface area contributed by atoms with Crippen LogP contribution < -0.4 is 10.9 Å². The highest BCUT2D eigenvalue weighted by atomic mass is 35.5. The summed E-state index contributed by atoms with van der Waals surface area (Å²) in [5.74, 6) is -0.216. The van der Waals surface area contributed by atoms with Gasteiger partial charge in [0.1, 0.15) is 10.7 Å². The van der Waals surface area contributed by atoms with Gasteiger partial charge >= 0.3 is 0 Å². The molecule has 0 aliphatic rings. The van der Waals surface area contributed by atoms with E-state index in [2.05, 4.69) is 10.3 Å². The van der Waals surface area contributed by atoms with Crippen LogP contribution in [0.15, 0.2) is 83.1 Å². The van der Waals surface area contributed by atoms with Gasteiger partial charge in [0.05, 0.1) is 6.54 Å². The summed E-state index contributed by atoms with van der Waals surface area (Å²) >= 11 is 7.33. The van der Waals surface area contributed by atoms with Crippen molar-refractivity contribution in [2.24, 2.45) is 0 Å². The maximum atomic E-state index is 12.4. The maximum Gasteiger partial charge on any atom is 0.271 e. The zero-order chi connectivity index (χ0) is 20.9. The number of hydrogen-bond donors (Lipinski definition) is 1. The minimum atomic E-state index is -0.216. The van der Waals surface area contributed by atoms with Crippen molar-refractivity contribution < 1.29 is 4.79 Å². The normalized spacial score (nSPS) is 10.7. The smallest absolute Gasteiger partial charge is 0.271 e. The van der Waals surface area contributed by atoms with Crippen LogP contribution in [0.1, 0.15) is 21.6 Å². The van der Waals surface area contributed by atoms with Crippen molar-refractivity contribution in [1.82, 2.24) is 14.9 Å². The van der Waals surface area contributed by atoms with Crippen LogP contribution in [0.3, 0.4) is 0 Å². The van der Waals surface area contributed by atoms with Crippen molar-refractivity contribution >= 4 is 28.8 Å². The molecular weight excluding hydrogens is 418 g/mol. The van der Waals surface area contributed by atoms with Crippen LogP contribution in [-0.4, -0.2) is 15.5 Å². The molecule has 0 spiro atoms. The molecule has 2 aromatic heterocycles. The summed E-state index contributed by atoms with van der Waals surface area (Å²) in [6, 6.07) is 20.3. The van der Waals surface area contributed by atoms with Crippen LogP contribution >= 0.6 is 22.9 Å². The molecule has 0 unspecified atom stereocenters. The van der Waals surface area contributed by atoms with Crippen molar-refractivity contribution in [2.75, 3.05) is 0 Å². The van der Waals surface area contributed by atoms with E-state index in [-0.39, 0.29) is 11.5 Å². The number of halogens is 1. The summed E-state index contributed by atoms with van der Waals surface area (Å²) in [5, 5.41) is 6.08. The van der Waals surface area contributed by atoms with Crippen molar-refractivity contribution in [3.8, 4) is 10.6 Å². The Labute approximate surface area is 182 Å². The number of rotatable bonds is 6. The molecule has 0 aliphatic carbocycles. The van der Waals surface area contributed by atoms with Crippen LogP contribution in [0.5, 0.6) is 0 Å². The average molecular weight is 436 g/mol. The van der Waals surface area contributed by atoms with Gasteiger partial charge < -0.3 is 9.88 Å². The molecule has 2 aromatic carbocycles. The molecule has 2 heterocycles. The van der Waals surface area contributed by atoms with E-state index >= 15 is 0 Å². The first-order valence-electron chi connectivity index (χ1n) is 9.31. The fourth-order valence-corrected chi connectivity index (χ4v) is 3.86. The van der Waals surface area contributed by atoms with E-state index in [0.717, 1.165) is 21.7 Å². The largest absolute Gasteiger partial charge is 0.347 e. The molecule has 4 aromatic rings. The van der Waals surface area contributed by atoms with Crippen LogP contribution in [0.2, 0.25) is 5.02 Å². The second-order valence-corrected chi connectivity index (χ2v) is 8.01. The standard InChI is InChI=1S/C23H18ClN3O2S/c24-19-10-8-18(9-11-19)23-26-20(15-30-23)22(29)25-13-16-4-6-17(7-5-16)14-27-12-2-1-3-21(27)28/h1-12,15H,13-14H2,(H,25,29). The number of nitrogens with one attached hydrogen (secondary N) is 1. The summed E-state index contributed by atoms with van der Waals surface area (Å²) in [5.41, 5.74) is 3.28. The number of hydrogen-bond acceptors (Lipinski definition) is 4. The summed E-state index contributed by atoms with van der Waals surface area (Å²) in [4.78, 5) is 28.7. The number of thiazole rings is 1. The molecule has 0 radical (unpaired) electrons. The summed E-state index contributed by atoms with van der Waals surface area (Å²) in [6.07, 6.45) is 1.77. The summed E-state index contributed by atoms with van der Waals surface area (Å²) in [7, 11) is 0.